The molecule has 5 nitrogen and oxygen atoms in total. The number of pyridine rings is 1. The van der Waals surface area contributed by atoms with Gasteiger partial charge in [0.2, 0.25) is 0 Å². The van der Waals surface area contributed by atoms with Gasteiger partial charge in [-0.3, -0.25) is 9.78 Å². The van der Waals surface area contributed by atoms with Crippen molar-refractivity contribution in [1.29, 1.82) is 0 Å². The Morgan fingerprint density at radius 3 is 2.70 bits per heavy atom. The lowest BCUT2D eigenvalue weighted by molar-refractivity contribution is -0.122. The van der Waals surface area contributed by atoms with Gasteiger partial charge in [0.1, 0.15) is 18.1 Å². The number of nitrogens with one attached hydrogen (secondary N) is 1. The standard InChI is InChI=1S/C17H15ClN2O3/c18-14-5-7-15(8-6-14)23-13-17(21)20-10-1-2-11-22-16-4-3-9-19-12-16/h3-9,12H,10-11,13H2,(H,20,21). The molecule has 0 aliphatic rings. The maximum Gasteiger partial charge on any atom is 0.258 e. The normalized spacial score (nSPS) is 9.43. The molecule has 2 rings (SSSR count). The molecular formula is C17H15ClN2O3. The van der Waals surface area contributed by atoms with E-state index in [4.69, 9.17) is 21.1 Å². The summed E-state index contributed by atoms with van der Waals surface area (Å²) in [5.74, 6) is 6.58. The van der Waals surface area contributed by atoms with Gasteiger partial charge in [-0.1, -0.05) is 23.4 Å². The first-order chi connectivity index (χ1) is 11.2. The molecule has 1 aromatic carbocycles. The van der Waals surface area contributed by atoms with Crippen molar-refractivity contribution in [3.63, 3.8) is 0 Å². The third kappa shape index (κ3) is 6.72. The van der Waals surface area contributed by atoms with E-state index in [2.05, 4.69) is 22.1 Å². The molecule has 0 unspecified atom stereocenters. The van der Waals surface area contributed by atoms with Crippen molar-refractivity contribution in [1.82, 2.24) is 10.3 Å². The summed E-state index contributed by atoms with van der Waals surface area (Å²) in [5, 5.41) is 3.25. The lowest BCUT2D eigenvalue weighted by Gasteiger charge is -2.05. The van der Waals surface area contributed by atoms with Crippen LogP contribution in [-0.2, 0) is 4.79 Å². The SMILES string of the molecule is O=C(COc1ccc(Cl)cc1)NCC#CCOc1cccnc1. The number of benzene rings is 1. The fourth-order valence-electron chi connectivity index (χ4n) is 1.54. The molecule has 0 radical (unpaired) electrons. The second-order valence-corrected chi connectivity index (χ2v) is 4.79. The number of carbonyl (C=O) groups excluding carboxylic acids is 1. The number of rotatable bonds is 6. The summed E-state index contributed by atoms with van der Waals surface area (Å²) in [6, 6.07) is 10.4. The minimum Gasteiger partial charge on any atom is -0.484 e. The van der Waals surface area contributed by atoms with Gasteiger partial charge in [0, 0.05) is 11.2 Å². The highest BCUT2D eigenvalue weighted by atomic mass is 35.5. The van der Waals surface area contributed by atoms with E-state index in [9.17, 15) is 4.79 Å². The number of halogens is 1. The molecule has 0 saturated heterocycles. The van der Waals surface area contributed by atoms with Crippen LogP contribution >= 0.6 is 11.6 Å². The zero-order chi connectivity index (χ0) is 16.3. The predicted molar refractivity (Wildman–Crippen MR) is 87.5 cm³/mol. The van der Waals surface area contributed by atoms with Crippen LogP contribution in [0.25, 0.3) is 0 Å². The van der Waals surface area contributed by atoms with Crippen molar-refractivity contribution in [2.45, 2.75) is 0 Å². The summed E-state index contributed by atoms with van der Waals surface area (Å²) >= 11 is 5.76. The number of hydrogen-bond acceptors (Lipinski definition) is 4. The Kier molecular flexibility index (Phi) is 6.76. The molecule has 6 heteroatoms. The lowest BCUT2D eigenvalue weighted by Crippen LogP contribution is -2.29. The van der Waals surface area contributed by atoms with Gasteiger partial charge < -0.3 is 14.8 Å². The lowest BCUT2D eigenvalue weighted by atomic mass is 10.3. The highest BCUT2D eigenvalue weighted by Gasteiger charge is 2.01. The van der Waals surface area contributed by atoms with E-state index in [-0.39, 0.29) is 25.7 Å². The van der Waals surface area contributed by atoms with Gasteiger partial charge in [0.15, 0.2) is 6.61 Å². The van der Waals surface area contributed by atoms with Gasteiger partial charge in [-0.2, -0.15) is 0 Å². The molecule has 23 heavy (non-hydrogen) atoms. The van der Waals surface area contributed by atoms with Gasteiger partial charge in [0.25, 0.3) is 5.91 Å². The van der Waals surface area contributed by atoms with Crippen molar-refractivity contribution in [3.05, 3.63) is 53.8 Å². The Balaban J connectivity index is 1.59. The molecule has 1 aromatic heterocycles. The zero-order valence-electron chi connectivity index (χ0n) is 12.3. The fourth-order valence-corrected chi connectivity index (χ4v) is 1.66. The smallest absolute Gasteiger partial charge is 0.258 e. The first-order valence-corrected chi connectivity index (χ1v) is 7.25. The fraction of sp³-hybridized carbons (Fsp3) is 0.176. The Labute approximate surface area is 139 Å². The van der Waals surface area contributed by atoms with Gasteiger partial charge in [0.05, 0.1) is 12.7 Å². The average Bonchev–Trinajstić information content (AvgIpc) is 2.58. The largest absolute Gasteiger partial charge is 0.484 e. The molecule has 0 bridgehead atoms. The second-order valence-electron chi connectivity index (χ2n) is 4.35. The summed E-state index contributed by atoms with van der Waals surface area (Å²) < 4.78 is 10.7. The van der Waals surface area contributed by atoms with Crippen LogP contribution in [0.15, 0.2) is 48.8 Å². The van der Waals surface area contributed by atoms with Crippen LogP contribution < -0.4 is 14.8 Å². The summed E-state index contributed by atoms with van der Waals surface area (Å²) in [4.78, 5) is 15.5. The molecule has 0 aliphatic carbocycles. The first kappa shape index (κ1) is 16.7. The molecule has 118 valence electrons. The second kappa shape index (κ2) is 9.34. The van der Waals surface area contributed by atoms with Crippen LogP contribution in [0.3, 0.4) is 0 Å². The van der Waals surface area contributed by atoms with Crippen LogP contribution in [0.4, 0.5) is 0 Å². The molecular weight excluding hydrogens is 316 g/mol. The molecule has 1 N–H and O–H groups in total. The van der Waals surface area contributed by atoms with Crippen LogP contribution in [0, 0.1) is 11.8 Å². The van der Waals surface area contributed by atoms with Gasteiger partial charge in [-0.15, -0.1) is 0 Å². The number of amides is 1. The third-order valence-corrected chi connectivity index (χ3v) is 2.88. The maximum atomic E-state index is 11.6. The van der Waals surface area contributed by atoms with E-state index in [0.717, 1.165) is 0 Å². The molecule has 0 fully saturated rings. The molecule has 0 spiro atoms. The Morgan fingerprint density at radius 1 is 1.13 bits per heavy atom. The van der Waals surface area contributed by atoms with E-state index in [0.29, 0.717) is 16.5 Å². The zero-order valence-corrected chi connectivity index (χ0v) is 13.0. The van der Waals surface area contributed by atoms with Crippen molar-refractivity contribution in [2.75, 3.05) is 19.8 Å². The highest BCUT2D eigenvalue weighted by molar-refractivity contribution is 6.30. The van der Waals surface area contributed by atoms with Crippen molar-refractivity contribution in [2.24, 2.45) is 0 Å². The number of carbonyl (C=O) groups is 1. The third-order valence-electron chi connectivity index (χ3n) is 2.63. The van der Waals surface area contributed by atoms with Gasteiger partial charge >= 0.3 is 0 Å². The minimum absolute atomic E-state index is 0.0739. The topological polar surface area (TPSA) is 60.5 Å². The van der Waals surface area contributed by atoms with Crippen molar-refractivity contribution in [3.8, 4) is 23.3 Å². The first-order valence-electron chi connectivity index (χ1n) is 6.87. The quantitative estimate of drug-likeness (QED) is 0.826. The Morgan fingerprint density at radius 2 is 1.96 bits per heavy atom. The molecule has 0 atom stereocenters. The van der Waals surface area contributed by atoms with Gasteiger partial charge in [-0.05, 0) is 36.4 Å². The number of hydrogen-bond donors (Lipinski definition) is 1. The summed E-state index contributed by atoms with van der Waals surface area (Å²) in [6.45, 7) is 0.400. The molecule has 0 aliphatic heterocycles. The molecule has 0 saturated carbocycles. The number of aromatic nitrogens is 1. The van der Waals surface area contributed by atoms with Crippen LogP contribution in [0.5, 0.6) is 11.5 Å². The van der Waals surface area contributed by atoms with Crippen LogP contribution in [0.1, 0.15) is 0 Å². The average molecular weight is 331 g/mol. The summed E-state index contributed by atoms with van der Waals surface area (Å²) in [6.07, 6.45) is 3.28. The van der Waals surface area contributed by atoms with E-state index < -0.39 is 0 Å². The highest BCUT2D eigenvalue weighted by Crippen LogP contribution is 2.15. The molecule has 1 heterocycles. The maximum absolute atomic E-state index is 11.6. The van der Waals surface area contributed by atoms with Crippen LogP contribution in [0.2, 0.25) is 5.02 Å². The Hall–Kier alpha value is -2.71. The minimum atomic E-state index is -0.248. The monoisotopic (exact) mass is 330 g/mol. The van der Waals surface area contributed by atoms with Gasteiger partial charge in [-0.25, -0.2) is 0 Å². The van der Waals surface area contributed by atoms with E-state index in [1.807, 2.05) is 0 Å². The summed E-state index contributed by atoms with van der Waals surface area (Å²) in [7, 11) is 0. The molecule has 1 amide bonds. The van der Waals surface area contributed by atoms with E-state index in [1.165, 1.54) is 0 Å². The molecule has 2 aromatic rings. The Bertz CT molecular complexity index is 678. The van der Waals surface area contributed by atoms with Crippen molar-refractivity contribution < 1.29 is 14.3 Å². The van der Waals surface area contributed by atoms with E-state index in [1.54, 1.807) is 48.8 Å². The van der Waals surface area contributed by atoms with Crippen LogP contribution in [-0.4, -0.2) is 30.6 Å². The summed E-state index contributed by atoms with van der Waals surface area (Å²) in [5.41, 5.74) is 0. The number of ether oxygens (including phenoxy) is 2. The predicted octanol–water partition coefficient (Wildman–Crippen LogP) is 2.31. The van der Waals surface area contributed by atoms with Crippen molar-refractivity contribution >= 4 is 17.5 Å². The van der Waals surface area contributed by atoms with E-state index >= 15 is 0 Å². The number of nitrogens with zero attached hydrogens (tertiary/aromatic N) is 1.